The third-order valence-corrected chi connectivity index (χ3v) is 6.70. The molecule has 0 aliphatic carbocycles. The van der Waals surface area contributed by atoms with Gasteiger partial charge in [0.1, 0.15) is 0 Å². The van der Waals surface area contributed by atoms with E-state index in [0.717, 1.165) is 54.4 Å². The van der Waals surface area contributed by atoms with E-state index in [9.17, 15) is 4.79 Å². The van der Waals surface area contributed by atoms with Crippen LogP contribution in [0.15, 0.2) is 47.6 Å². The largest absolute Gasteiger partial charge is 0.454 e. The SMILES string of the molecule is CC1CCN(CC(=O)N2N=C(c3ccccc3Cl)CC2c2ccc3c(c2)OCO3)CC1. The molecule has 162 valence electrons. The quantitative estimate of drug-likeness (QED) is 0.704. The van der Waals surface area contributed by atoms with Crippen molar-refractivity contribution in [3.63, 3.8) is 0 Å². The number of amides is 1. The molecule has 5 rings (SSSR count). The Bertz CT molecular complexity index is 1020. The van der Waals surface area contributed by atoms with E-state index in [1.165, 1.54) is 0 Å². The molecule has 0 saturated carbocycles. The van der Waals surface area contributed by atoms with Gasteiger partial charge in [0.15, 0.2) is 11.5 Å². The highest BCUT2D eigenvalue weighted by molar-refractivity contribution is 6.34. The molecule has 31 heavy (non-hydrogen) atoms. The first-order valence-electron chi connectivity index (χ1n) is 10.8. The summed E-state index contributed by atoms with van der Waals surface area (Å²) in [5.74, 6) is 2.18. The van der Waals surface area contributed by atoms with Gasteiger partial charge in [0.25, 0.3) is 5.91 Å². The lowest BCUT2D eigenvalue weighted by Crippen LogP contribution is -2.41. The molecule has 2 aromatic rings. The van der Waals surface area contributed by atoms with E-state index in [4.69, 9.17) is 26.2 Å². The Morgan fingerprint density at radius 2 is 1.90 bits per heavy atom. The fraction of sp³-hybridized carbons (Fsp3) is 0.417. The van der Waals surface area contributed by atoms with Gasteiger partial charge in [-0.25, -0.2) is 5.01 Å². The molecular formula is C24H26ClN3O3. The average Bonchev–Trinajstić information content (AvgIpc) is 3.42. The molecule has 2 aromatic carbocycles. The number of hydrogen-bond acceptors (Lipinski definition) is 5. The summed E-state index contributed by atoms with van der Waals surface area (Å²) in [6, 6.07) is 13.3. The summed E-state index contributed by atoms with van der Waals surface area (Å²) in [6.45, 7) is 4.79. The van der Waals surface area contributed by atoms with Crippen LogP contribution >= 0.6 is 11.6 Å². The van der Waals surface area contributed by atoms with Gasteiger partial charge in [0, 0.05) is 17.0 Å². The van der Waals surface area contributed by atoms with Crippen molar-refractivity contribution in [1.29, 1.82) is 0 Å². The van der Waals surface area contributed by atoms with E-state index < -0.39 is 0 Å². The Kier molecular flexibility index (Phi) is 5.59. The average molecular weight is 440 g/mol. The molecule has 3 aliphatic heterocycles. The molecule has 0 radical (unpaired) electrons. The predicted octanol–water partition coefficient (Wildman–Crippen LogP) is 4.48. The Morgan fingerprint density at radius 3 is 2.71 bits per heavy atom. The molecule has 0 bridgehead atoms. The molecule has 3 heterocycles. The molecular weight excluding hydrogens is 414 g/mol. The monoisotopic (exact) mass is 439 g/mol. The molecule has 1 unspecified atom stereocenters. The van der Waals surface area contributed by atoms with Crippen molar-refractivity contribution in [2.75, 3.05) is 26.4 Å². The highest BCUT2D eigenvalue weighted by atomic mass is 35.5. The maximum Gasteiger partial charge on any atom is 0.257 e. The van der Waals surface area contributed by atoms with Crippen LogP contribution in [0, 0.1) is 5.92 Å². The van der Waals surface area contributed by atoms with Crippen molar-refractivity contribution in [2.45, 2.75) is 32.2 Å². The molecule has 3 aliphatic rings. The maximum atomic E-state index is 13.4. The fourth-order valence-corrected chi connectivity index (χ4v) is 4.71. The number of fused-ring (bicyclic) bond motifs is 1. The molecule has 1 saturated heterocycles. The van der Waals surface area contributed by atoms with Crippen molar-refractivity contribution in [3.8, 4) is 11.5 Å². The first-order chi connectivity index (χ1) is 15.1. The second-order valence-corrected chi connectivity index (χ2v) is 8.96. The molecule has 1 atom stereocenters. The standard InChI is InChI=1S/C24H26ClN3O3/c1-16-8-10-27(11-9-16)14-24(29)28-21(17-6-7-22-23(12-17)31-15-30-22)13-20(26-28)18-4-2-3-5-19(18)25/h2-7,12,16,21H,8-11,13-15H2,1H3. The van der Waals surface area contributed by atoms with E-state index in [2.05, 4.69) is 11.8 Å². The number of ether oxygens (including phenoxy) is 2. The summed E-state index contributed by atoms with van der Waals surface area (Å²) in [4.78, 5) is 15.6. The molecule has 6 nitrogen and oxygen atoms in total. The summed E-state index contributed by atoms with van der Waals surface area (Å²) in [5, 5.41) is 7.06. The van der Waals surface area contributed by atoms with Gasteiger partial charge in [-0.05, 0) is 55.6 Å². The van der Waals surface area contributed by atoms with Crippen molar-refractivity contribution >= 4 is 23.2 Å². The smallest absolute Gasteiger partial charge is 0.257 e. The molecule has 0 spiro atoms. The van der Waals surface area contributed by atoms with Crippen LogP contribution < -0.4 is 9.47 Å². The Labute approximate surface area is 187 Å². The van der Waals surface area contributed by atoms with E-state index >= 15 is 0 Å². The normalized spacial score (nSPS) is 21.4. The van der Waals surface area contributed by atoms with Crippen molar-refractivity contribution < 1.29 is 14.3 Å². The number of hydrogen-bond donors (Lipinski definition) is 0. The number of carbonyl (C=O) groups is 1. The van der Waals surface area contributed by atoms with Gasteiger partial charge in [0.2, 0.25) is 6.79 Å². The highest BCUT2D eigenvalue weighted by Gasteiger charge is 2.35. The van der Waals surface area contributed by atoms with Gasteiger partial charge < -0.3 is 9.47 Å². The Hall–Kier alpha value is -2.57. The first kappa shape index (κ1) is 20.3. The number of piperidine rings is 1. The van der Waals surface area contributed by atoms with Gasteiger partial charge >= 0.3 is 0 Å². The van der Waals surface area contributed by atoms with Crippen LogP contribution in [0.1, 0.15) is 43.4 Å². The van der Waals surface area contributed by atoms with Gasteiger partial charge in [-0.1, -0.05) is 42.8 Å². The number of hydrazone groups is 1. The summed E-state index contributed by atoms with van der Waals surface area (Å²) < 4.78 is 11.0. The number of carbonyl (C=O) groups excluding carboxylic acids is 1. The van der Waals surface area contributed by atoms with Crippen LogP contribution in [0.5, 0.6) is 11.5 Å². The number of halogens is 1. The zero-order valence-electron chi connectivity index (χ0n) is 17.6. The Balaban J connectivity index is 1.43. The van der Waals surface area contributed by atoms with E-state index in [0.29, 0.717) is 23.7 Å². The molecule has 0 N–H and O–H groups in total. The van der Waals surface area contributed by atoms with E-state index in [1.807, 2.05) is 42.5 Å². The number of rotatable bonds is 4. The Morgan fingerprint density at radius 1 is 1.13 bits per heavy atom. The van der Waals surface area contributed by atoms with Gasteiger partial charge in [-0.2, -0.15) is 5.10 Å². The van der Waals surface area contributed by atoms with E-state index in [1.54, 1.807) is 5.01 Å². The first-order valence-corrected chi connectivity index (χ1v) is 11.2. The summed E-state index contributed by atoms with van der Waals surface area (Å²) in [6.07, 6.45) is 2.87. The van der Waals surface area contributed by atoms with Crippen LogP contribution in [0.2, 0.25) is 5.02 Å². The molecule has 0 aromatic heterocycles. The number of benzene rings is 2. The van der Waals surface area contributed by atoms with Gasteiger partial charge in [-0.15, -0.1) is 0 Å². The topological polar surface area (TPSA) is 54.4 Å². The van der Waals surface area contributed by atoms with Crippen molar-refractivity contribution in [3.05, 3.63) is 58.6 Å². The highest BCUT2D eigenvalue weighted by Crippen LogP contribution is 2.39. The summed E-state index contributed by atoms with van der Waals surface area (Å²) >= 11 is 6.44. The summed E-state index contributed by atoms with van der Waals surface area (Å²) in [5.41, 5.74) is 2.68. The van der Waals surface area contributed by atoms with Crippen LogP contribution in [0.4, 0.5) is 0 Å². The lowest BCUT2D eigenvalue weighted by Gasteiger charge is -2.31. The molecule has 7 heteroatoms. The lowest BCUT2D eigenvalue weighted by atomic mass is 9.97. The van der Waals surface area contributed by atoms with Crippen LogP contribution in [0.25, 0.3) is 0 Å². The van der Waals surface area contributed by atoms with Crippen molar-refractivity contribution in [1.82, 2.24) is 9.91 Å². The second kappa shape index (κ2) is 8.52. The molecule has 1 amide bonds. The van der Waals surface area contributed by atoms with Crippen LogP contribution in [-0.4, -0.2) is 48.0 Å². The third kappa shape index (κ3) is 4.14. The predicted molar refractivity (Wildman–Crippen MR) is 120 cm³/mol. The maximum absolute atomic E-state index is 13.4. The number of nitrogens with zero attached hydrogens (tertiary/aromatic N) is 3. The third-order valence-electron chi connectivity index (χ3n) is 6.37. The van der Waals surface area contributed by atoms with Crippen LogP contribution in [-0.2, 0) is 4.79 Å². The zero-order valence-corrected chi connectivity index (χ0v) is 18.3. The number of likely N-dealkylation sites (tertiary alicyclic amines) is 1. The van der Waals surface area contributed by atoms with E-state index in [-0.39, 0.29) is 18.7 Å². The zero-order chi connectivity index (χ0) is 21.4. The fourth-order valence-electron chi connectivity index (χ4n) is 4.46. The minimum Gasteiger partial charge on any atom is -0.454 e. The minimum absolute atomic E-state index is 0.0132. The van der Waals surface area contributed by atoms with Crippen molar-refractivity contribution in [2.24, 2.45) is 11.0 Å². The summed E-state index contributed by atoms with van der Waals surface area (Å²) in [7, 11) is 0. The second-order valence-electron chi connectivity index (χ2n) is 8.56. The lowest BCUT2D eigenvalue weighted by molar-refractivity contribution is -0.134. The molecule has 1 fully saturated rings. The minimum atomic E-state index is -0.197. The van der Waals surface area contributed by atoms with Gasteiger partial charge in [-0.3, -0.25) is 9.69 Å². The van der Waals surface area contributed by atoms with Gasteiger partial charge in [0.05, 0.1) is 18.3 Å². The van der Waals surface area contributed by atoms with Crippen LogP contribution in [0.3, 0.4) is 0 Å².